The Hall–Kier alpha value is -1.26. The third kappa shape index (κ3) is 4.35. The second kappa shape index (κ2) is 7.14. The first-order chi connectivity index (χ1) is 10.3. The van der Waals surface area contributed by atoms with E-state index in [1.165, 1.54) is 43.6 Å². The minimum Gasteiger partial charge on any atom is -0.297 e. The van der Waals surface area contributed by atoms with E-state index in [1.54, 1.807) is 23.5 Å². The van der Waals surface area contributed by atoms with Gasteiger partial charge in [-0.2, -0.15) is 0 Å². The third-order valence-corrected chi connectivity index (χ3v) is 4.86. The molecule has 0 N–H and O–H groups in total. The number of rotatable bonds is 5. The van der Waals surface area contributed by atoms with Gasteiger partial charge in [0.25, 0.3) is 0 Å². The van der Waals surface area contributed by atoms with Crippen LogP contribution in [0.15, 0.2) is 35.2 Å². The number of benzene rings is 1. The lowest BCUT2D eigenvalue weighted by atomic mass is 9.91. The van der Waals surface area contributed by atoms with Gasteiger partial charge in [0.15, 0.2) is 0 Å². The van der Waals surface area contributed by atoms with E-state index >= 15 is 0 Å². The summed E-state index contributed by atoms with van der Waals surface area (Å²) in [6, 6.07) is 6.94. The Labute approximate surface area is 129 Å². The molecule has 1 saturated heterocycles. The number of aryl methyl sites for hydroxylation is 1. The molecular formula is C17H21FN2S. The summed E-state index contributed by atoms with van der Waals surface area (Å²) in [5.74, 6) is 0.605. The molecule has 0 bridgehead atoms. The van der Waals surface area contributed by atoms with Crippen molar-refractivity contribution in [1.82, 2.24) is 9.88 Å². The molecule has 0 aliphatic carbocycles. The number of thiazole rings is 1. The highest BCUT2D eigenvalue weighted by molar-refractivity contribution is 7.07. The maximum absolute atomic E-state index is 12.9. The molecule has 2 heterocycles. The Morgan fingerprint density at radius 3 is 2.90 bits per heavy atom. The number of nitrogens with zero attached hydrogens (tertiary/aromatic N) is 2. The van der Waals surface area contributed by atoms with Crippen LogP contribution in [-0.4, -0.2) is 23.0 Å². The lowest BCUT2D eigenvalue weighted by Crippen LogP contribution is -2.35. The van der Waals surface area contributed by atoms with Crippen LogP contribution >= 0.6 is 11.3 Å². The zero-order chi connectivity index (χ0) is 14.5. The molecule has 4 heteroatoms. The van der Waals surface area contributed by atoms with Crippen LogP contribution in [0.1, 0.15) is 30.5 Å². The van der Waals surface area contributed by atoms with Crippen molar-refractivity contribution >= 4 is 11.3 Å². The maximum atomic E-state index is 12.9. The topological polar surface area (TPSA) is 16.1 Å². The van der Waals surface area contributed by atoms with Gasteiger partial charge in [-0.05, 0) is 55.8 Å². The van der Waals surface area contributed by atoms with Gasteiger partial charge < -0.3 is 0 Å². The average molecular weight is 304 g/mol. The number of hydrogen-bond donors (Lipinski definition) is 0. The van der Waals surface area contributed by atoms with Crippen molar-refractivity contribution in [3.8, 4) is 0 Å². The molecule has 0 amide bonds. The standard InChI is InChI=1S/C17H21FN2S/c18-16-7-5-14(6-8-16)3-4-15-2-1-9-20(10-15)11-17-12-21-13-19-17/h5-8,12-13,15H,1-4,9-11H2/t15-/m1/s1. The molecule has 1 aliphatic rings. The summed E-state index contributed by atoms with van der Waals surface area (Å²) in [4.78, 5) is 6.90. The van der Waals surface area contributed by atoms with Gasteiger partial charge in [-0.1, -0.05) is 12.1 Å². The SMILES string of the molecule is Fc1ccc(CC[C@H]2CCCN(Cc3cscn3)C2)cc1. The van der Waals surface area contributed by atoms with Crippen molar-refractivity contribution in [1.29, 1.82) is 0 Å². The van der Waals surface area contributed by atoms with Gasteiger partial charge in [-0.25, -0.2) is 9.37 Å². The molecule has 0 saturated carbocycles. The summed E-state index contributed by atoms with van der Waals surface area (Å²) in [6.45, 7) is 3.33. The van der Waals surface area contributed by atoms with Crippen molar-refractivity contribution in [3.05, 3.63) is 52.2 Å². The van der Waals surface area contributed by atoms with Crippen LogP contribution in [0.4, 0.5) is 4.39 Å². The lowest BCUT2D eigenvalue weighted by molar-refractivity contribution is 0.160. The van der Waals surface area contributed by atoms with Gasteiger partial charge in [-0.15, -0.1) is 11.3 Å². The fraction of sp³-hybridized carbons (Fsp3) is 0.471. The van der Waals surface area contributed by atoms with E-state index in [-0.39, 0.29) is 5.82 Å². The molecule has 1 aromatic carbocycles. The number of halogens is 1. The van der Waals surface area contributed by atoms with Gasteiger partial charge in [0.1, 0.15) is 5.82 Å². The number of piperidine rings is 1. The third-order valence-electron chi connectivity index (χ3n) is 4.23. The van der Waals surface area contributed by atoms with Crippen LogP contribution < -0.4 is 0 Å². The van der Waals surface area contributed by atoms with Gasteiger partial charge in [0.05, 0.1) is 11.2 Å². The molecular weight excluding hydrogens is 283 g/mol. The summed E-state index contributed by atoms with van der Waals surface area (Å²) in [7, 11) is 0. The maximum Gasteiger partial charge on any atom is 0.123 e. The quantitative estimate of drug-likeness (QED) is 0.826. The second-order valence-electron chi connectivity index (χ2n) is 5.89. The van der Waals surface area contributed by atoms with Crippen LogP contribution in [0.25, 0.3) is 0 Å². The van der Waals surface area contributed by atoms with Crippen molar-refractivity contribution in [3.63, 3.8) is 0 Å². The average Bonchev–Trinajstić information content (AvgIpc) is 3.00. The number of hydrogen-bond acceptors (Lipinski definition) is 3. The van der Waals surface area contributed by atoms with Crippen LogP contribution in [0, 0.1) is 11.7 Å². The minimum atomic E-state index is -0.147. The Morgan fingerprint density at radius 1 is 1.29 bits per heavy atom. The summed E-state index contributed by atoms with van der Waals surface area (Å²) in [5, 5.41) is 2.14. The van der Waals surface area contributed by atoms with E-state index in [4.69, 9.17) is 0 Å². The summed E-state index contributed by atoms with van der Waals surface area (Å²) >= 11 is 1.67. The molecule has 21 heavy (non-hydrogen) atoms. The molecule has 3 rings (SSSR count). The zero-order valence-corrected chi connectivity index (χ0v) is 13.0. The van der Waals surface area contributed by atoms with Gasteiger partial charge in [-0.3, -0.25) is 4.90 Å². The number of likely N-dealkylation sites (tertiary alicyclic amines) is 1. The summed E-state index contributed by atoms with van der Waals surface area (Å²) in [5.41, 5.74) is 4.35. The van der Waals surface area contributed by atoms with Crippen molar-refractivity contribution < 1.29 is 4.39 Å². The van der Waals surface area contributed by atoms with Gasteiger partial charge >= 0.3 is 0 Å². The molecule has 1 fully saturated rings. The molecule has 1 aromatic heterocycles. The number of aromatic nitrogens is 1. The first-order valence-corrected chi connectivity index (χ1v) is 8.58. The minimum absolute atomic E-state index is 0.147. The summed E-state index contributed by atoms with van der Waals surface area (Å²) in [6.07, 6.45) is 4.83. The monoisotopic (exact) mass is 304 g/mol. The van der Waals surface area contributed by atoms with Crippen LogP contribution in [0.2, 0.25) is 0 Å². The lowest BCUT2D eigenvalue weighted by Gasteiger charge is -2.32. The van der Waals surface area contributed by atoms with E-state index in [9.17, 15) is 4.39 Å². The molecule has 2 aromatic rings. The van der Waals surface area contributed by atoms with E-state index in [0.717, 1.165) is 18.9 Å². The first-order valence-electron chi connectivity index (χ1n) is 7.63. The summed E-state index contributed by atoms with van der Waals surface area (Å²) < 4.78 is 12.9. The fourth-order valence-electron chi connectivity index (χ4n) is 3.10. The van der Waals surface area contributed by atoms with Crippen LogP contribution in [-0.2, 0) is 13.0 Å². The van der Waals surface area contributed by atoms with Crippen molar-refractivity contribution in [2.24, 2.45) is 5.92 Å². The zero-order valence-electron chi connectivity index (χ0n) is 12.2. The van der Waals surface area contributed by atoms with E-state index in [1.807, 2.05) is 17.6 Å². The van der Waals surface area contributed by atoms with Crippen molar-refractivity contribution in [2.45, 2.75) is 32.2 Å². The molecule has 1 atom stereocenters. The second-order valence-corrected chi connectivity index (χ2v) is 6.61. The highest BCUT2D eigenvalue weighted by atomic mass is 32.1. The van der Waals surface area contributed by atoms with E-state index < -0.39 is 0 Å². The molecule has 0 unspecified atom stereocenters. The molecule has 0 radical (unpaired) electrons. The highest BCUT2D eigenvalue weighted by Gasteiger charge is 2.20. The van der Waals surface area contributed by atoms with Gasteiger partial charge in [0.2, 0.25) is 0 Å². The molecule has 0 spiro atoms. The van der Waals surface area contributed by atoms with Crippen LogP contribution in [0.5, 0.6) is 0 Å². The fourth-order valence-corrected chi connectivity index (χ4v) is 3.65. The smallest absolute Gasteiger partial charge is 0.123 e. The normalized spacial score (nSPS) is 19.8. The van der Waals surface area contributed by atoms with Crippen LogP contribution in [0.3, 0.4) is 0 Å². The Morgan fingerprint density at radius 2 is 2.14 bits per heavy atom. The first kappa shape index (κ1) is 14.7. The van der Waals surface area contributed by atoms with Crippen molar-refractivity contribution in [2.75, 3.05) is 13.1 Å². The van der Waals surface area contributed by atoms with E-state index in [0.29, 0.717) is 0 Å². The highest BCUT2D eigenvalue weighted by Crippen LogP contribution is 2.23. The Balaban J connectivity index is 1.48. The predicted molar refractivity (Wildman–Crippen MR) is 84.8 cm³/mol. The predicted octanol–water partition coefficient (Wildman–Crippen LogP) is 4.13. The molecule has 112 valence electrons. The largest absolute Gasteiger partial charge is 0.297 e. The van der Waals surface area contributed by atoms with E-state index in [2.05, 4.69) is 15.3 Å². The Bertz CT molecular complexity index is 538. The molecule has 2 nitrogen and oxygen atoms in total. The van der Waals surface area contributed by atoms with Gasteiger partial charge in [0, 0.05) is 18.5 Å². The Kier molecular flexibility index (Phi) is 4.99. The molecule has 1 aliphatic heterocycles.